The average Bonchev–Trinajstić information content (AvgIpc) is 2.40. The van der Waals surface area contributed by atoms with E-state index in [2.05, 4.69) is 20.9 Å². The molecule has 0 saturated carbocycles. The molecule has 0 aliphatic carbocycles. The van der Waals surface area contributed by atoms with E-state index in [9.17, 15) is 9.90 Å². The Labute approximate surface area is 119 Å². The summed E-state index contributed by atoms with van der Waals surface area (Å²) in [6.45, 7) is 0.485. The molecular formula is C14H13BrN2O2. The fraction of sp³-hybridized carbons (Fsp3) is 0.143. The van der Waals surface area contributed by atoms with Crippen LogP contribution in [0.1, 0.15) is 15.9 Å². The number of hydrogen-bond donors (Lipinski definition) is 1. The predicted octanol–water partition coefficient (Wildman–Crippen LogP) is 2.82. The summed E-state index contributed by atoms with van der Waals surface area (Å²) in [5.74, 6) is 0.145. The molecule has 2 rings (SSSR count). The summed E-state index contributed by atoms with van der Waals surface area (Å²) in [4.78, 5) is 17.8. The Morgan fingerprint density at radius 2 is 2.00 bits per heavy atom. The quantitative estimate of drug-likeness (QED) is 0.885. The van der Waals surface area contributed by atoms with Gasteiger partial charge in [0, 0.05) is 25.4 Å². The first-order valence-corrected chi connectivity index (χ1v) is 6.50. The Morgan fingerprint density at radius 1 is 1.32 bits per heavy atom. The molecule has 0 fully saturated rings. The molecule has 0 saturated heterocycles. The van der Waals surface area contributed by atoms with E-state index in [1.54, 1.807) is 54.5 Å². The number of rotatable bonds is 3. The standard InChI is InChI=1S/C14H13BrN2O2/c1-17(9-10-2-4-12(18)5-3-10)14(19)11-6-7-16-13(15)8-11/h2-8,18H,9H2,1H3. The molecule has 1 aromatic carbocycles. The van der Waals surface area contributed by atoms with Crippen LogP contribution < -0.4 is 0 Å². The molecule has 0 atom stereocenters. The maximum absolute atomic E-state index is 12.2. The number of carbonyl (C=O) groups excluding carboxylic acids is 1. The van der Waals surface area contributed by atoms with Gasteiger partial charge in [0.1, 0.15) is 10.4 Å². The van der Waals surface area contributed by atoms with Crippen molar-refractivity contribution in [3.05, 3.63) is 58.3 Å². The van der Waals surface area contributed by atoms with Crippen LogP contribution in [0.5, 0.6) is 5.75 Å². The van der Waals surface area contributed by atoms with Crippen molar-refractivity contribution in [2.45, 2.75) is 6.54 Å². The molecule has 4 nitrogen and oxygen atoms in total. The molecule has 0 spiro atoms. The van der Waals surface area contributed by atoms with Gasteiger partial charge in [0.05, 0.1) is 0 Å². The van der Waals surface area contributed by atoms with Gasteiger partial charge in [-0.1, -0.05) is 12.1 Å². The van der Waals surface area contributed by atoms with E-state index in [0.29, 0.717) is 16.7 Å². The summed E-state index contributed by atoms with van der Waals surface area (Å²) in [5, 5.41) is 9.22. The smallest absolute Gasteiger partial charge is 0.254 e. The number of hydrogen-bond acceptors (Lipinski definition) is 3. The minimum Gasteiger partial charge on any atom is -0.508 e. The van der Waals surface area contributed by atoms with Crippen molar-refractivity contribution in [1.82, 2.24) is 9.88 Å². The lowest BCUT2D eigenvalue weighted by Crippen LogP contribution is -2.26. The normalized spacial score (nSPS) is 10.2. The lowest BCUT2D eigenvalue weighted by Gasteiger charge is -2.17. The van der Waals surface area contributed by atoms with Gasteiger partial charge in [-0.15, -0.1) is 0 Å². The van der Waals surface area contributed by atoms with Crippen molar-refractivity contribution in [3.63, 3.8) is 0 Å². The molecule has 1 heterocycles. The Bertz CT molecular complexity index is 584. The van der Waals surface area contributed by atoms with Gasteiger partial charge in [-0.2, -0.15) is 0 Å². The summed E-state index contributed by atoms with van der Waals surface area (Å²) in [6.07, 6.45) is 1.59. The van der Waals surface area contributed by atoms with E-state index in [1.807, 2.05) is 0 Å². The van der Waals surface area contributed by atoms with Gasteiger partial charge in [0.15, 0.2) is 0 Å². The van der Waals surface area contributed by atoms with E-state index in [-0.39, 0.29) is 11.7 Å². The van der Waals surface area contributed by atoms with Crippen molar-refractivity contribution < 1.29 is 9.90 Å². The molecule has 0 unspecified atom stereocenters. The Kier molecular flexibility index (Phi) is 4.16. The molecule has 0 radical (unpaired) electrons. The number of carbonyl (C=O) groups is 1. The second-order valence-electron chi connectivity index (χ2n) is 4.19. The second-order valence-corrected chi connectivity index (χ2v) is 5.01. The lowest BCUT2D eigenvalue weighted by molar-refractivity contribution is 0.0785. The Morgan fingerprint density at radius 3 is 2.63 bits per heavy atom. The maximum atomic E-state index is 12.2. The third kappa shape index (κ3) is 3.54. The van der Waals surface area contributed by atoms with Gasteiger partial charge in [-0.05, 0) is 45.8 Å². The predicted molar refractivity (Wildman–Crippen MR) is 75.8 cm³/mol. The van der Waals surface area contributed by atoms with Crippen LogP contribution in [0.2, 0.25) is 0 Å². The molecular weight excluding hydrogens is 308 g/mol. The van der Waals surface area contributed by atoms with Crippen molar-refractivity contribution in [2.75, 3.05) is 7.05 Å². The minimum absolute atomic E-state index is 0.0730. The number of pyridine rings is 1. The van der Waals surface area contributed by atoms with E-state index >= 15 is 0 Å². The van der Waals surface area contributed by atoms with Crippen LogP contribution in [-0.2, 0) is 6.54 Å². The SMILES string of the molecule is CN(Cc1ccc(O)cc1)C(=O)c1ccnc(Br)c1. The van der Waals surface area contributed by atoms with E-state index in [0.717, 1.165) is 5.56 Å². The first-order valence-electron chi connectivity index (χ1n) is 5.71. The number of aromatic hydroxyl groups is 1. The number of halogens is 1. The molecule has 0 aliphatic heterocycles. The number of phenolic OH excluding ortho intramolecular Hbond substituents is 1. The van der Waals surface area contributed by atoms with Crippen LogP contribution in [0.3, 0.4) is 0 Å². The Balaban J connectivity index is 2.09. The van der Waals surface area contributed by atoms with Gasteiger partial charge >= 0.3 is 0 Å². The maximum Gasteiger partial charge on any atom is 0.254 e. The number of aromatic nitrogens is 1. The molecule has 0 aliphatic rings. The van der Waals surface area contributed by atoms with Crippen molar-refractivity contribution in [2.24, 2.45) is 0 Å². The monoisotopic (exact) mass is 320 g/mol. The zero-order chi connectivity index (χ0) is 13.8. The van der Waals surface area contributed by atoms with Crippen molar-refractivity contribution >= 4 is 21.8 Å². The average molecular weight is 321 g/mol. The highest BCUT2D eigenvalue weighted by atomic mass is 79.9. The van der Waals surface area contributed by atoms with Crippen LogP contribution in [0.4, 0.5) is 0 Å². The van der Waals surface area contributed by atoms with Crippen LogP contribution in [0.15, 0.2) is 47.2 Å². The highest BCUT2D eigenvalue weighted by Gasteiger charge is 2.12. The second kappa shape index (κ2) is 5.84. The Hall–Kier alpha value is -1.88. The van der Waals surface area contributed by atoms with Gasteiger partial charge < -0.3 is 10.0 Å². The molecule has 98 valence electrons. The summed E-state index contributed by atoms with van der Waals surface area (Å²) in [7, 11) is 1.74. The first-order chi connectivity index (χ1) is 9.06. The molecule has 1 N–H and O–H groups in total. The zero-order valence-corrected chi connectivity index (χ0v) is 12.0. The molecule has 1 amide bonds. The molecule has 0 bridgehead atoms. The zero-order valence-electron chi connectivity index (χ0n) is 10.4. The summed E-state index contributed by atoms with van der Waals surface area (Å²) in [5.41, 5.74) is 1.55. The number of benzene rings is 1. The summed E-state index contributed by atoms with van der Waals surface area (Å²) in [6, 6.07) is 10.2. The van der Waals surface area contributed by atoms with Crippen LogP contribution >= 0.6 is 15.9 Å². The summed E-state index contributed by atoms with van der Waals surface area (Å²) >= 11 is 3.24. The largest absolute Gasteiger partial charge is 0.508 e. The van der Waals surface area contributed by atoms with Crippen LogP contribution in [0.25, 0.3) is 0 Å². The van der Waals surface area contributed by atoms with E-state index < -0.39 is 0 Å². The highest BCUT2D eigenvalue weighted by Crippen LogP contribution is 2.14. The fourth-order valence-electron chi connectivity index (χ4n) is 1.70. The third-order valence-electron chi connectivity index (χ3n) is 2.68. The van der Waals surface area contributed by atoms with Gasteiger partial charge in [0.2, 0.25) is 0 Å². The van der Waals surface area contributed by atoms with Crippen LogP contribution in [-0.4, -0.2) is 27.9 Å². The summed E-state index contributed by atoms with van der Waals surface area (Å²) < 4.78 is 0.636. The molecule has 1 aromatic heterocycles. The third-order valence-corrected chi connectivity index (χ3v) is 3.11. The fourth-order valence-corrected chi connectivity index (χ4v) is 2.07. The number of amides is 1. The van der Waals surface area contributed by atoms with Gasteiger partial charge in [0.25, 0.3) is 5.91 Å². The molecule has 2 aromatic rings. The van der Waals surface area contributed by atoms with Gasteiger partial charge in [-0.25, -0.2) is 4.98 Å². The minimum atomic E-state index is -0.0730. The van der Waals surface area contributed by atoms with E-state index in [4.69, 9.17) is 0 Å². The van der Waals surface area contributed by atoms with E-state index in [1.165, 1.54) is 0 Å². The molecule has 5 heteroatoms. The van der Waals surface area contributed by atoms with Crippen LogP contribution in [0, 0.1) is 0 Å². The molecule has 19 heavy (non-hydrogen) atoms. The van der Waals surface area contributed by atoms with Crippen molar-refractivity contribution in [1.29, 1.82) is 0 Å². The number of phenols is 1. The van der Waals surface area contributed by atoms with Gasteiger partial charge in [-0.3, -0.25) is 4.79 Å². The number of nitrogens with zero attached hydrogens (tertiary/aromatic N) is 2. The lowest BCUT2D eigenvalue weighted by atomic mass is 10.2. The first kappa shape index (κ1) is 13.5. The topological polar surface area (TPSA) is 53.4 Å². The van der Waals surface area contributed by atoms with Crippen molar-refractivity contribution in [3.8, 4) is 5.75 Å². The highest BCUT2D eigenvalue weighted by molar-refractivity contribution is 9.10.